The molecule has 0 fully saturated rings. The van der Waals surface area contributed by atoms with Crippen LogP contribution in [0.2, 0.25) is 0 Å². The minimum Gasteiger partial charge on any atom is -0.481 e. The summed E-state index contributed by atoms with van der Waals surface area (Å²) in [6, 6.07) is 17.4. The van der Waals surface area contributed by atoms with Gasteiger partial charge in [-0.25, -0.2) is 13.1 Å². The second-order valence-corrected chi connectivity index (χ2v) is 10.7. The van der Waals surface area contributed by atoms with E-state index in [1.807, 2.05) is 41.3 Å². The van der Waals surface area contributed by atoms with Gasteiger partial charge < -0.3 is 15.7 Å². The molecule has 34 heavy (non-hydrogen) atoms. The Labute approximate surface area is 217 Å². The van der Waals surface area contributed by atoms with E-state index in [4.69, 9.17) is 10.8 Å². The van der Waals surface area contributed by atoms with Gasteiger partial charge in [-0.15, -0.1) is 36.2 Å². The first kappa shape index (κ1) is 30.3. The van der Waals surface area contributed by atoms with E-state index < -0.39 is 16.0 Å². The number of nitrogens with zero attached hydrogens (tertiary/aromatic N) is 1. The molecule has 0 aliphatic rings. The lowest BCUT2D eigenvalue weighted by molar-refractivity contribution is -0.137. The third-order valence-electron chi connectivity index (χ3n) is 5.23. The van der Waals surface area contributed by atoms with E-state index in [0.29, 0.717) is 26.2 Å². The topological polar surface area (TPSA) is 113 Å². The number of thiophene rings is 1. The van der Waals surface area contributed by atoms with Crippen LogP contribution in [0.25, 0.3) is 10.1 Å². The Morgan fingerprint density at radius 3 is 2.32 bits per heavy atom. The van der Waals surface area contributed by atoms with Crippen LogP contribution in [0.4, 0.5) is 0 Å². The van der Waals surface area contributed by atoms with Crippen LogP contribution < -0.4 is 10.5 Å². The monoisotopic (exact) mass is 547 g/mol. The summed E-state index contributed by atoms with van der Waals surface area (Å²) >= 11 is 1.24. The fraction of sp³-hybridized carbons (Fsp3) is 0.348. The van der Waals surface area contributed by atoms with Crippen molar-refractivity contribution >= 4 is 62.2 Å². The van der Waals surface area contributed by atoms with E-state index in [1.54, 1.807) is 6.07 Å². The second-order valence-electron chi connectivity index (χ2n) is 7.61. The molecular formula is C23H31Cl2N3O4S2. The van der Waals surface area contributed by atoms with Crippen LogP contribution >= 0.6 is 36.2 Å². The lowest BCUT2D eigenvalue weighted by Crippen LogP contribution is -2.36. The summed E-state index contributed by atoms with van der Waals surface area (Å²) in [7, 11) is -3.60. The molecule has 3 aromatic rings. The van der Waals surface area contributed by atoms with Crippen molar-refractivity contribution in [3.05, 3.63) is 65.7 Å². The van der Waals surface area contributed by atoms with Crippen molar-refractivity contribution in [3.63, 3.8) is 0 Å². The maximum Gasteiger partial charge on any atom is 0.304 e. The van der Waals surface area contributed by atoms with E-state index in [9.17, 15) is 13.2 Å². The first-order valence-corrected chi connectivity index (χ1v) is 12.9. The first-order chi connectivity index (χ1) is 15.4. The molecule has 0 saturated heterocycles. The first-order valence-electron chi connectivity index (χ1n) is 10.6. The summed E-state index contributed by atoms with van der Waals surface area (Å²) in [6.45, 7) is 2.26. The summed E-state index contributed by atoms with van der Waals surface area (Å²) < 4.78 is 29.2. The molecule has 188 valence electrons. The van der Waals surface area contributed by atoms with Gasteiger partial charge in [0.1, 0.15) is 4.21 Å². The lowest BCUT2D eigenvalue weighted by Gasteiger charge is -2.21. The molecule has 2 aromatic carbocycles. The minimum atomic E-state index is -3.60. The fourth-order valence-corrected chi connectivity index (χ4v) is 5.90. The zero-order chi connectivity index (χ0) is 23.0. The van der Waals surface area contributed by atoms with Gasteiger partial charge in [0, 0.05) is 30.9 Å². The maximum absolute atomic E-state index is 12.7. The van der Waals surface area contributed by atoms with E-state index in [0.717, 1.165) is 28.5 Å². The molecule has 0 atom stereocenters. The van der Waals surface area contributed by atoms with Crippen LogP contribution in [0.15, 0.2) is 58.8 Å². The Balaban J connectivity index is 0.00000289. The second kappa shape index (κ2) is 14.6. The van der Waals surface area contributed by atoms with Crippen molar-refractivity contribution in [2.75, 3.05) is 26.2 Å². The molecule has 0 unspecified atom stereocenters. The van der Waals surface area contributed by atoms with Crippen LogP contribution in [0.1, 0.15) is 24.0 Å². The number of carboxylic acid groups (broad SMARTS) is 1. The van der Waals surface area contributed by atoms with Crippen LogP contribution in [0, 0.1) is 0 Å². The predicted molar refractivity (Wildman–Crippen MR) is 143 cm³/mol. The molecule has 0 saturated carbocycles. The number of aliphatic carboxylic acids is 1. The smallest absolute Gasteiger partial charge is 0.304 e. The van der Waals surface area contributed by atoms with Crippen LogP contribution in [0.5, 0.6) is 0 Å². The van der Waals surface area contributed by atoms with Crippen LogP contribution in [0.3, 0.4) is 0 Å². The number of nitrogens with one attached hydrogen (secondary N) is 1. The van der Waals surface area contributed by atoms with Gasteiger partial charge in [-0.2, -0.15) is 0 Å². The Kier molecular flexibility index (Phi) is 13.0. The normalized spacial score (nSPS) is 11.2. The highest BCUT2D eigenvalue weighted by Crippen LogP contribution is 2.28. The summed E-state index contributed by atoms with van der Waals surface area (Å²) in [5.41, 5.74) is 7.91. The quantitative estimate of drug-likeness (QED) is 0.299. The average Bonchev–Trinajstić information content (AvgIpc) is 3.23. The summed E-state index contributed by atoms with van der Waals surface area (Å²) in [6.07, 6.45) is 1.74. The van der Waals surface area contributed by atoms with E-state index in [1.165, 1.54) is 16.9 Å². The molecule has 1 heterocycles. The maximum atomic E-state index is 12.7. The fourth-order valence-electron chi connectivity index (χ4n) is 3.44. The number of fused-ring (bicyclic) bond motifs is 1. The van der Waals surface area contributed by atoms with Gasteiger partial charge in [0.15, 0.2) is 0 Å². The Morgan fingerprint density at radius 2 is 1.68 bits per heavy atom. The molecule has 3 rings (SSSR count). The third kappa shape index (κ3) is 9.14. The number of carboxylic acids is 1. The van der Waals surface area contributed by atoms with Gasteiger partial charge >= 0.3 is 5.97 Å². The molecule has 0 aliphatic heterocycles. The van der Waals surface area contributed by atoms with Gasteiger partial charge in [-0.3, -0.25) is 4.79 Å². The Morgan fingerprint density at radius 1 is 1.00 bits per heavy atom. The van der Waals surface area contributed by atoms with Crippen molar-refractivity contribution in [3.8, 4) is 0 Å². The number of carbonyl (C=O) groups is 1. The molecule has 0 radical (unpaired) electrons. The van der Waals surface area contributed by atoms with Gasteiger partial charge in [-0.05, 0) is 48.0 Å². The molecule has 11 heteroatoms. The summed E-state index contributed by atoms with van der Waals surface area (Å²) in [5, 5.41) is 9.94. The van der Waals surface area contributed by atoms with Gasteiger partial charge in [0.05, 0.1) is 6.42 Å². The van der Waals surface area contributed by atoms with Crippen molar-refractivity contribution in [2.24, 2.45) is 5.73 Å². The highest BCUT2D eigenvalue weighted by Gasteiger charge is 2.17. The number of hydrogen-bond donors (Lipinski definition) is 3. The van der Waals surface area contributed by atoms with Crippen molar-refractivity contribution in [2.45, 2.75) is 30.0 Å². The number of aryl methyl sites for hydroxylation is 1. The zero-order valence-electron chi connectivity index (χ0n) is 18.7. The van der Waals surface area contributed by atoms with E-state index in [2.05, 4.69) is 16.9 Å². The molecule has 4 N–H and O–H groups in total. The number of halogens is 2. The number of benzene rings is 2. The van der Waals surface area contributed by atoms with E-state index >= 15 is 0 Å². The van der Waals surface area contributed by atoms with Crippen LogP contribution in [-0.2, 0) is 27.8 Å². The van der Waals surface area contributed by atoms with Gasteiger partial charge in [0.2, 0.25) is 10.0 Å². The summed E-state index contributed by atoms with van der Waals surface area (Å²) in [4.78, 5) is 13.0. The van der Waals surface area contributed by atoms with Crippen LogP contribution in [-0.4, -0.2) is 50.6 Å². The zero-order valence-corrected chi connectivity index (χ0v) is 21.9. The third-order valence-corrected chi connectivity index (χ3v) is 8.28. The van der Waals surface area contributed by atoms with Gasteiger partial charge in [-0.1, -0.05) is 42.5 Å². The Bertz CT molecular complexity index is 1110. The predicted octanol–water partition coefficient (Wildman–Crippen LogP) is 3.89. The molecule has 0 bridgehead atoms. The lowest BCUT2D eigenvalue weighted by atomic mass is 10.1. The van der Waals surface area contributed by atoms with E-state index in [-0.39, 0.29) is 42.0 Å². The molecule has 0 aliphatic carbocycles. The molecule has 0 amide bonds. The molecular weight excluding hydrogens is 517 g/mol. The van der Waals surface area contributed by atoms with Gasteiger partial charge in [0.25, 0.3) is 0 Å². The standard InChI is InChI=1S/C23H29N3O4S2.2ClH/c24-17-19-9-7-18(8-10-19)4-3-13-26(14-11-22(27)28)15-12-25-32(29,30)23-16-20-5-1-2-6-21(20)31-23;;/h1-2,5-10,16,25H,3-4,11-15,17,24H2,(H,27,28);2*1H. The van der Waals surface area contributed by atoms with Crippen molar-refractivity contribution in [1.82, 2.24) is 9.62 Å². The largest absolute Gasteiger partial charge is 0.481 e. The average molecular weight is 549 g/mol. The number of rotatable bonds is 13. The number of sulfonamides is 1. The number of nitrogens with two attached hydrogens (primary N) is 1. The molecule has 7 nitrogen and oxygen atoms in total. The molecule has 0 spiro atoms. The summed E-state index contributed by atoms with van der Waals surface area (Å²) in [5.74, 6) is -0.863. The molecule has 1 aromatic heterocycles. The van der Waals surface area contributed by atoms with Crippen molar-refractivity contribution < 1.29 is 18.3 Å². The van der Waals surface area contributed by atoms with Crippen molar-refractivity contribution in [1.29, 1.82) is 0 Å². The minimum absolute atomic E-state index is 0. The SMILES string of the molecule is Cl.Cl.NCc1ccc(CCCN(CCNS(=O)(=O)c2cc3ccccc3s2)CCC(=O)O)cc1. The number of hydrogen-bond acceptors (Lipinski definition) is 6. The highest BCUT2D eigenvalue weighted by molar-refractivity contribution is 7.91. The Hall–Kier alpha value is -1.72. The highest BCUT2D eigenvalue weighted by atomic mass is 35.5.